The number of likely N-dealkylation sites (N-methyl/N-ethyl adjacent to an activating group) is 1. The molecule has 0 spiro atoms. The number of aliphatic hydroxyl groups excluding tert-OH is 1. The summed E-state index contributed by atoms with van der Waals surface area (Å²) in [5.74, 6) is 0. The van der Waals surface area contributed by atoms with Gasteiger partial charge in [0.25, 0.3) is 0 Å². The van der Waals surface area contributed by atoms with Gasteiger partial charge in [-0.2, -0.15) is 0 Å². The minimum atomic E-state index is -0.393. The van der Waals surface area contributed by atoms with Crippen molar-refractivity contribution in [3.05, 3.63) is 0 Å². The van der Waals surface area contributed by atoms with Crippen LogP contribution in [0.3, 0.4) is 0 Å². The van der Waals surface area contributed by atoms with Crippen molar-refractivity contribution in [3.63, 3.8) is 0 Å². The third kappa shape index (κ3) is 2.58. The zero-order chi connectivity index (χ0) is 6.57. The third-order valence-electron chi connectivity index (χ3n) is 0.805. The maximum absolute atomic E-state index is 10.4. The van der Waals surface area contributed by atoms with Gasteiger partial charge in [0.2, 0.25) is 3.79 Å². The Labute approximate surface area is 61.6 Å². The van der Waals surface area contributed by atoms with Gasteiger partial charge in [-0.1, -0.05) is 0 Å². The van der Waals surface area contributed by atoms with Crippen molar-refractivity contribution in [2.45, 2.75) is 6.04 Å². The van der Waals surface area contributed by atoms with Gasteiger partial charge < -0.3 is 10.4 Å². The lowest BCUT2D eigenvalue weighted by Gasteiger charge is -2.04. The van der Waals surface area contributed by atoms with E-state index < -0.39 is 6.04 Å². The molecule has 3 nitrogen and oxygen atoms in total. The molecule has 0 fully saturated rings. The Morgan fingerprint density at radius 1 is 2.00 bits per heavy atom. The summed E-state index contributed by atoms with van der Waals surface area (Å²) < 4.78 is -0.0624. The van der Waals surface area contributed by atoms with E-state index in [-0.39, 0.29) is 10.4 Å². The van der Waals surface area contributed by atoms with E-state index in [9.17, 15) is 4.79 Å². The molecule has 0 aliphatic rings. The first kappa shape index (κ1) is 8.32. The van der Waals surface area contributed by atoms with Crippen LogP contribution < -0.4 is 5.32 Å². The molecule has 0 rings (SSSR count). The van der Waals surface area contributed by atoms with Crippen LogP contribution in [0.15, 0.2) is 0 Å². The fourth-order valence-electron chi connectivity index (χ4n) is 0.277. The Morgan fingerprint density at radius 2 is 2.50 bits per heavy atom. The average Bonchev–Trinajstić information content (AvgIpc) is 1.69. The van der Waals surface area contributed by atoms with E-state index in [4.69, 9.17) is 5.11 Å². The van der Waals surface area contributed by atoms with Gasteiger partial charge in [-0.05, 0) is 7.05 Å². The number of rotatable bonds is 3. The fraction of sp³-hybridized carbons (Fsp3) is 0.750. The van der Waals surface area contributed by atoms with Crippen LogP contribution in [0.25, 0.3) is 0 Å². The normalized spacial score (nSPS) is 13.4. The van der Waals surface area contributed by atoms with E-state index in [0.29, 0.717) is 0 Å². The lowest BCUT2D eigenvalue weighted by Crippen LogP contribution is -2.33. The highest BCUT2D eigenvalue weighted by atomic mass is 127. The first-order valence-corrected chi connectivity index (χ1v) is 3.27. The number of hydrogen-bond acceptors (Lipinski definition) is 3. The molecule has 0 aliphatic carbocycles. The lowest BCUT2D eigenvalue weighted by atomic mass is 10.4. The third-order valence-corrected chi connectivity index (χ3v) is 1.56. The molecule has 0 bridgehead atoms. The fourth-order valence-corrected chi connectivity index (χ4v) is 0.785. The van der Waals surface area contributed by atoms with Crippen LogP contribution in [-0.2, 0) is 4.79 Å². The van der Waals surface area contributed by atoms with Crippen LogP contribution in [0.1, 0.15) is 0 Å². The number of halogens is 1. The molecule has 0 unspecified atom stereocenters. The average molecular weight is 229 g/mol. The molecular weight excluding hydrogens is 221 g/mol. The summed E-state index contributed by atoms with van der Waals surface area (Å²) in [6, 6.07) is -0.393. The maximum Gasteiger partial charge on any atom is 0.211 e. The number of carbonyl (C=O) groups is 1. The minimum absolute atomic E-state index is 0.0624. The lowest BCUT2D eigenvalue weighted by molar-refractivity contribution is -0.111. The second kappa shape index (κ2) is 4.22. The van der Waals surface area contributed by atoms with Gasteiger partial charge in [0.1, 0.15) is 0 Å². The standard InChI is InChI=1S/C4H8INO2/c1-6-3(2-7)4(5)8/h3,6-7H,2H2,1H3/t3-/m0/s1. The van der Waals surface area contributed by atoms with Gasteiger partial charge in [-0.25, -0.2) is 0 Å². The number of nitrogens with one attached hydrogen (secondary N) is 1. The van der Waals surface area contributed by atoms with Crippen molar-refractivity contribution in [2.24, 2.45) is 0 Å². The van der Waals surface area contributed by atoms with Crippen molar-refractivity contribution in [3.8, 4) is 0 Å². The maximum atomic E-state index is 10.4. The van der Waals surface area contributed by atoms with Crippen LogP contribution in [0, 0.1) is 0 Å². The molecule has 8 heavy (non-hydrogen) atoms. The van der Waals surface area contributed by atoms with E-state index in [1.54, 1.807) is 29.6 Å². The Balaban J connectivity index is 3.52. The van der Waals surface area contributed by atoms with Crippen molar-refractivity contribution in [1.82, 2.24) is 5.32 Å². The quantitative estimate of drug-likeness (QED) is 0.508. The van der Waals surface area contributed by atoms with E-state index in [0.717, 1.165) is 0 Å². The Hall–Kier alpha value is 0.320. The summed E-state index contributed by atoms with van der Waals surface area (Å²) in [5, 5.41) is 11.1. The molecule has 0 aromatic heterocycles. The SMILES string of the molecule is CN[C@@H](CO)C(=O)I. The smallest absolute Gasteiger partial charge is 0.211 e. The van der Waals surface area contributed by atoms with Crippen molar-refractivity contribution < 1.29 is 9.90 Å². The van der Waals surface area contributed by atoms with Gasteiger partial charge in [0.05, 0.1) is 12.6 Å². The number of aliphatic hydroxyl groups is 1. The van der Waals surface area contributed by atoms with E-state index in [1.165, 1.54) is 0 Å². The zero-order valence-electron chi connectivity index (χ0n) is 4.52. The zero-order valence-corrected chi connectivity index (χ0v) is 6.68. The van der Waals surface area contributed by atoms with Gasteiger partial charge in [-0.15, -0.1) is 0 Å². The summed E-state index contributed by atoms with van der Waals surface area (Å²) in [6.45, 7) is -0.127. The molecular formula is C4H8INO2. The van der Waals surface area contributed by atoms with E-state index >= 15 is 0 Å². The Morgan fingerprint density at radius 3 is 2.50 bits per heavy atom. The summed E-state index contributed by atoms with van der Waals surface area (Å²) in [4.78, 5) is 10.4. The molecule has 0 aliphatic heterocycles. The van der Waals surface area contributed by atoms with Gasteiger partial charge in [0.15, 0.2) is 0 Å². The molecule has 0 saturated heterocycles. The highest BCUT2D eigenvalue weighted by Crippen LogP contribution is 1.91. The van der Waals surface area contributed by atoms with E-state index in [2.05, 4.69) is 5.32 Å². The summed E-state index contributed by atoms with van der Waals surface area (Å²) in [7, 11) is 1.64. The molecule has 0 radical (unpaired) electrons. The van der Waals surface area contributed by atoms with Gasteiger partial charge >= 0.3 is 0 Å². The molecule has 1 atom stereocenters. The summed E-state index contributed by atoms with van der Waals surface area (Å²) >= 11 is 1.64. The molecule has 48 valence electrons. The number of hydrogen-bond donors (Lipinski definition) is 2. The first-order chi connectivity index (χ1) is 3.72. The predicted octanol–water partition coefficient (Wildman–Crippen LogP) is -0.472. The second-order valence-electron chi connectivity index (χ2n) is 1.33. The van der Waals surface area contributed by atoms with Gasteiger partial charge in [-0.3, -0.25) is 4.79 Å². The molecule has 4 heteroatoms. The van der Waals surface area contributed by atoms with Crippen LogP contribution in [0.2, 0.25) is 0 Å². The molecule has 0 aromatic carbocycles. The first-order valence-electron chi connectivity index (χ1n) is 2.19. The van der Waals surface area contributed by atoms with Crippen LogP contribution in [0.4, 0.5) is 0 Å². The highest BCUT2D eigenvalue weighted by Gasteiger charge is 2.09. The van der Waals surface area contributed by atoms with Crippen LogP contribution >= 0.6 is 22.6 Å². The van der Waals surface area contributed by atoms with Crippen molar-refractivity contribution >= 4 is 26.4 Å². The molecule has 0 saturated carbocycles. The van der Waals surface area contributed by atoms with Crippen molar-refractivity contribution in [2.75, 3.05) is 13.7 Å². The molecule has 0 heterocycles. The molecule has 2 N–H and O–H groups in total. The monoisotopic (exact) mass is 229 g/mol. The summed E-state index contributed by atoms with van der Waals surface area (Å²) in [5.41, 5.74) is 0. The molecule has 0 aromatic rings. The highest BCUT2D eigenvalue weighted by molar-refractivity contribution is 14.1. The summed E-state index contributed by atoms with van der Waals surface area (Å²) in [6.07, 6.45) is 0. The topological polar surface area (TPSA) is 49.3 Å². The van der Waals surface area contributed by atoms with E-state index in [1.807, 2.05) is 0 Å². The molecule has 0 amide bonds. The van der Waals surface area contributed by atoms with Crippen molar-refractivity contribution in [1.29, 1.82) is 0 Å². The second-order valence-corrected chi connectivity index (χ2v) is 2.39. The largest absolute Gasteiger partial charge is 0.394 e. The Bertz CT molecular complexity index is 82.1. The minimum Gasteiger partial charge on any atom is -0.394 e. The predicted molar refractivity (Wildman–Crippen MR) is 39.0 cm³/mol. The van der Waals surface area contributed by atoms with Crippen LogP contribution in [0.5, 0.6) is 0 Å². The Kier molecular flexibility index (Phi) is 4.39. The van der Waals surface area contributed by atoms with Crippen LogP contribution in [-0.4, -0.2) is 28.6 Å². The number of carbonyl (C=O) groups excluding carboxylic acids is 1. The van der Waals surface area contributed by atoms with Gasteiger partial charge in [0, 0.05) is 22.6 Å².